The molecule has 0 aromatic carbocycles. The van der Waals surface area contributed by atoms with Crippen molar-refractivity contribution >= 4 is 11.9 Å². The molecule has 0 saturated carbocycles. The van der Waals surface area contributed by atoms with Gasteiger partial charge in [-0.05, 0) is 32.1 Å². The lowest BCUT2D eigenvalue weighted by molar-refractivity contribution is -0.144. The molecule has 0 amide bonds. The third-order valence-corrected chi connectivity index (χ3v) is 5.14. The predicted octanol–water partition coefficient (Wildman–Crippen LogP) is 7.69. The first-order valence-corrected chi connectivity index (χ1v) is 12.7. The fraction of sp³-hybridized carbons (Fsp3) is 0.846. The highest BCUT2D eigenvalue weighted by Crippen LogP contribution is 2.13. The quantitative estimate of drug-likeness (QED) is 0.101. The fourth-order valence-electron chi connectivity index (χ4n) is 3.34. The summed E-state index contributed by atoms with van der Waals surface area (Å²) in [5.74, 6) is -0.143. The maximum absolute atomic E-state index is 11.4. The molecule has 0 aromatic heterocycles. The van der Waals surface area contributed by atoms with Gasteiger partial charge in [0.05, 0.1) is 19.6 Å². The standard InChI is InChI=1S/C26H48O4/c1-3-23-29-25(27)21-19-17-15-13-11-9-7-5-6-8-10-12-14-16-18-20-22-26(28)30-24-4-2/h17,19H,3-16,18,20-24H2,1-2H3/b19-17+. The topological polar surface area (TPSA) is 52.6 Å². The lowest BCUT2D eigenvalue weighted by Crippen LogP contribution is -2.04. The second kappa shape index (κ2) is 24.0. The number of ether oxygens (including phenoxy) is 2. The molecule has 0 aliphatic heterocycles. The van der Waals surface area contributed by atoms with E-state index in [-0.39, 0.29) is 11.9 Å². The Morgan fingerprint density at radius 3 is 1.50 bits per heavy atom. The average molecular weight is 425 g/mol. The maximum Gasteiger partial charge on any atom is 0.309 e. The number of hydrogen-bond acceptors (Lipinski definition) is 4. The van der Waals surface area contributed by atoms with Crippen molar-refractivity contribution in [2.24, 2.45) is 0 Å². The van der Waals surface area contributed by atoms with E-state index in [0.29, 0.717) is 26.1 Å². The molecule has 4 nitrogen and oxygen atoms in total. The van der Waals surface area contributed by atoms with Crippen LogP contribution in [-0.2, 0) is 19.1 Å². The van der Waals surface area contributed by atoms with E-state index in [4.69, 9.17) is 9.47 Å². The fourth-order valence-corrected chi connectivity index (χ4v) is 3.34. The summed E-state index contributed by atoms with van der Waals surface area (Å²) in [5, 5.41) is 0. The summed E-state index contributed by atoms with van der Waals surface area (Å²) in [6, 6.07) is 0. The normalized spacial score (nSPS) is 11.1. The molecule has 0 N–H and O–H groups in total. The van der Waals surface area contributed by atoms with Gasteiger partial charge >= 0.3 is 11.9 Å². The van der Waals surface area contributed by atoms with Crippen LogP contribution in [-0.4, -0.2) is 25.2 Å². The van der Waals surface area contributed by atoms with Crippen molar-refractivity contribution in [3.8, 4) is 0 Å². The molecule has 0 saturated heterocycles. The highest BCUT2D eigenvalue weighted by molar-refractivity contribution is 5.71. The van der Waals surface area contributed by atoms with Crippen molar-refractivity contribution in [3.63, 3.8) is 0 Å². The van der Waals surface area contributed by atoms with Gasteiger partial charge in [-0.1, -0.05) is 96.6 Å². The number of hydrogen-bond donors (Lipinski definition) is 0. The molecule has 0 aliphatic carbocycles. The molecule has 0 spiro atoms. The second-order valence-corrected chi connectivity index (χ2v) is 8.25. The van der Waals surface area contributed by atoms with Crippen LogP contribution >= 0.6 is 0 Å². The summed E-state index contributed by atoms with van der Waals surface area (Å²) < 4.78 is 10.1. The number of allylic oxidation sites excluding steroid dienone is 1. The molecule has 0 aliphatic rings. The molecule has 4 heteroatoms. The van der Waals surface area contributed by atoms with Gasteiger partial charge in [0.25, 0.3) is 0 Å². The van der Waals surface area contributed by atoms with Crippen LogP contribution in [0.25, 0.3) is 0 Å². The Labute approximate surface area is 186 Å². The Kier molecular flexibility index (Phi) is 22.9. The molecular formula is C26H48O4. The summed E-state index contributed by atoms with van der Waals surface area (Å²) in [5.41, 5.74) is 0. The molecule has 0 aromatic rings. The van der Waals surface area contributed by atoms with E-state index in [0.717, 1.165) is 32.1 Å². The van der Waals surface area contributed by atoms with Gasteiger partial charge in [-0.25, -0.2) is 0 Å². The Morgan fingerprint density at radius 1 is 0.567 bits per heavy atom. The summed E-state index contributed by atoms with van der Waals surface area (Å²) >= 11 is 0. The van der Waals surface area contributed by atoms with Crippen LogP contribution in [0.1, 0.15) is 129 Å². The Bertz CT molecular complexity index is 417. The molecule has 0 fully saturated rings. The second-order valence-electron chi connectivity index (χ2n) is 8.25. The van der Waals surface area contributed by atoms with Gasteiger partial charge in [0.1, 0.15) is 0 Å². The Hall–Kier alpha value is -1.32. The minimum atomic E-state index is -0.113. The van der Waals surface area contributed by atoms with Crippen molar-refractivity contribution in [1.29, 1.82) is 0 Å². The highest BCUT2D eigenvalue weighted by Gasteiger charge is 2.01. The summed E-state index contributed by atoms with van der Waals surface area (Å²) in [4.78, 5) is 22.7. The molecule has 0 atom stereocenters. The van der Waals surface area contributed by atoms with Crippen molar-refractivity contribution in [2.75, 3.05) is 13.2 Å². The molecule has 0 bridgehead atoms. The Balaban J connectivity index is 3.18. The van der Waals surface area contributed by atoms with E-state index in [9.17, 15) is 9.59 Å². The van der Waals surface area contributed by atoms with Crippen LogP contribution in [0.3, 0.4) is 0 Å². The lowest BCUT2D eigenvalue weighted by Gasteiger charge is -2.04. The summed E-state index contributed by atoms with van der Waals surface area (Å²) in [6.07, 6.45) is 24.5. The van der Waals surface area contributed by atoms with E-state index in [2.05, 4.69) is 6.08 Å². The van der Waals surface area contributed by atoms with E-state index < -0.39 is 0 Å². The zero-order valence-electron chi connectivity index (χ0n) is 19.9. The van der Waals surface area contributed by atoms with Crippen molar-refractivity contribution < 1.29 is 19.1 Å². The van der Waals surface area contributed by atoms with Crippen LogP contribution in [0, 0.1) is 0 Å². The number of rotatable bonds is 22. The van der Waals surface area contributed by atoms with Crippen molar-refractivity contribution in [2.45, 2.75) is 129 Å². The first kappa shape index (κ1) is 28.7. The van der Waals surface area contributed by atoms with Gasteiger partial charge in [0, 0.05) is 6.42 Å². The molecular weight excluding hydrogens is 376 g/mol. The number of esters is 2. The molecule has 0 unspecified atom stereocenters. The van der Waals surface area contributed by atoms with Crippen molar-refractivity contribution in [1.82, 2.24) is 0 Å². The zero-order valence-corrected chi connectivity index (χ0v) is 19.9. The van der Waals surface area contributed by atoms with Crippen LogP contribution in [0.15, 0.2) is 12.2 Å². The molecule has 30 heavy (non-hydrogen) atoms. The Morgan fingerprint density at radius 2 is 1.00 bits per heavy atom. The van der Waals surface area contributed by atoms with Gasteiger partial charge in [0.2, 0.25) is 0 Å². The largest absolute Gasteiger partial charge is 0.466 e. The van der Waals surface area contributed by atoms with E-state index in [1.807, 2.05) is 19.9 Å². The van der Waals surface area contributed by atoms with Gasteiger partial charge < -0.3 is 9.47 Å². The average Bonchev–Trinajstić information content (AvgIpc) is 2.75. The molecule has 0 heterocycles. The van der Waals surface area contributed by atoms with Crippen LogP contribution in [0.4, 0.5) is 0 Å². The molecule has 176 valence electrons. The first-order chi connectivity index (χ1) is 14.7. The zero-order chi connectivity index (χ0) is 22.1. The van der Waals surface area contributed by atoms with Crippen LogP contribution < -0.4 is 0 Å². The van der Waals surface area contributed by atoms with E-state index >= 15 is 0 Å². The monoisotopic (exact) mass is 424 g/mol. The van der Waals surface area contributed by atoms with Crippen molar-refractivity contribution in [3.05, 3.63) is 12.2 Å². The first-order valence-electron chi connectivity index (χ1n) is 12.7. The van der Waals surface area contributed by atoms with E-state index in [1.165, 1.54) is 70.6 Å². The minimum Gasteiger partial charge on any atom is -0.466 e. The predicted molar refractivity (Wildman–Crippen MR) is 126 cm³/mol. The minimum absolute atomic E-state index is 0.0299. The SMILES string of the molecule is CCCOC(=O)C/C=C/CCCCCCCCCCCCCCCC(=O)OCCC. The van der Waals surface area contributed by atoms with Gasteiger partial charge in [-0.3, -0.25) is 9.59 Å². The number of unbranched alkanes of at least 4 members (excludes halogenated alkanes) is 13. The maximum atomic E-state index is 11.4. The van der Waals surface area contributed by atoms with Gasteiger partial charge in [-0.15, -0.1) is 0 Å². The van der Waals surface area contributed by atoms with Crippen LogP contribution in [0.5, 0.6) is 0 Å². The summed E-state index contributed by atoms with van der Waals surface area (Å²) in [6.45, 7) is 5.12. The van der Waals surface area contributed by atoms with Gasteiger partial charge in [0.15, 0.2) is 0 Å². The smallest absolute Gasteiger partial charge is 0.309 e. The third kappa shape index (κ3) is 23.0. The van der Waals surface area contributed by atoms with Crippen LogP contribution in [0.2, 0.25) is 0 Å². The van der Waals surface area contributed by atoms with E-state index in [1.54, 1.807) is 0 Å². The number of carbonyl (C=O) groups is 2. The molecule has 0 rings (SSSR count). The van der Waals surface area contributed by atoms with Gasteiger partial charge in [-0.2, -0.15) is 0 Å². The highest BCUT2D eigenvalue weighted by atomic mass is 16.5. The summed E-state index contributed by atoms with van der Waals surface area (Å²) in [7, 11) is 0. The lowest BCUT2D eigenvalue weighted by atomic mass is 10.0. The molecule has 0 radical (unpaired) electrons. The third-order valence-electron chi connectivity index (χ3n) is 5.14. The number of carbonyl (C=O) groups excluding carboxylic acids is 2.